The van der Waals surface area contributed by atoms with Crippen LogP contribution in [0.4, 0.5) is 11.9 Å². The molecule has 14 heteroatoms. The van der Waals surface area contributed by atoms with Crippen LogP contribution in [0.5, 0.6) is 11.5 Å². The summed E-state index contributed by atoms with van der Waals surface area (Å²) >= 11 is 24.0. The highest BCUT2D eigenvalue weighted by Crippen LogP contribution is 2.28. The molecule has 2 aliphatic rings. The normalized spacial score (nSPS) is 14.8. The minimum absolute atomic E-state index is 0.457. The molecule has 0 unspecified atom stereocenters. The van der Waals surface area contributed by atoms with Crippen molar-refractivity contribution in [2.24, 2.45) is 0 Å². The van der Waals surface area contributed by atoms with Gasteiger partial charge in [0.25, 0.3) is 0 Å². The van der Waals surface area contributed by atoms with Gasteiger partial charge < -0.3 is 19.3 Å². The topological polar surface area (TPSA) is 86.4 Å². The SMILES string of the molecule is COc1ccc(Cn2nc(C(Cl)Cl)nc2N2CCCC2)cc1.COc1ccc(Cn2nc(N3CCCC3)nc2C(Cl)Cl)cc1. The molecule has 2 aliphatic heterocycles. The van der Waals surface area contributed by atoms with E-state index < -0.39 is 9.67 Å². The van der Waals surface area contributed by atoms with Crippen LogP contribution in [-0.4, -0.2) is 69.9 Å². The lowest BCUT2D eigenvalue weighted by atomic mass is 10.2. The summed E-state index contributed by atoms with van der Waals surface area (Å²) in [6.07, 6.45) is 4.70. The molecular formula is C30H36Cl4N8O2. The highest BCUT2D eigenvalue weighted by Gasteiger charge is 2.23. The van der Waals surface area contributed by atoms with Crippen molar-refractivity contribution in [1.29, 1.82) is 0 Å². The van der Waals surface area contributed by atoms with E-state index in [0.29, 0.717) is 30.7 Å². The molecule has 2 saturated heterocycles. The highest BCUT2D eigenvalue weighted by atomic mass is 35.5. The molecule has 10 nitrogen and oxygen atoms in total. The van der Waals surface area contributed by atoms with Gasteiger partial charge in [0.05, 0.1) is 27.3 Å². The third-order valence-corrected chi connectivity index (χ3v) is 8.29. The maximum Gasteiger partial charge on any atom is 0.245 e. The number of anilines is 2. The molecule has 44 heavy (non-hydrogen) atoms. The van der Waals surface area contributed by atoms with E-state index in [1.807, 2.05) is 53.2 Å². The molecule has 0 N–H and O–H groups in total. The molecule has 0 radical (unpaired) electrons. The van der Waals surface area contributed by atoms with Crippen molar-refractivity contribution < 1.29 is 9.47 Å². The number of hydrogen-bond acceptors (Lipinski definition) is 8. The fourth-order valence-electron chi connectivity index (χ4n) is 5.18. The molecule has 2 aromatic heterocycles. The largest absolute Gasteiger partial charge is 0.497 e. The van der Waals surface area contributed by atoms with Crippen LogP contribution in [0.3, 0.4) is 0 Å². The number of hydrogen-bond donors (Lipinski definition) is 0. The molecule has 0 saturated carbocycles. The maximum atomic E-state index is 6.05. The van der Waals surface area contributed by atoms with E-state index in [4.69, 9.17) is 55.9 Å². The number of alkyl halides is 4. The van der Waals surface area contributed by atoms with Crippen LogP contribution in [0.25, 0.3) is 0 Å². The summed E-state index contributed by atoms with van der Waals surface area (Å²) in [5.74, 6) is 4.26. The average molecular weight is 682 g/mol. The number of halogens is 4. The second-order valence-electron chi connectivity index (χ2n) is 10.5. The number of benzene rings is 2. The van der Waals surface area contributed by atoms with Crippen LogP contribution in [0.1, 0.15) is 58.1 Å². The lowest BCUT2D eigenvalue weighted by Gasteiger charge is -2.16. The Labute approximate surface area is 277 Å². The summed E-state index contributed by atoms with van der Waals surface area (Å²) in [4.78, 5) is 12.0. The van der Waals surface area contributed by atoms with Crippen molar-refractivity contribution >= 4 is 58.3 Å². The van der Waals surface area contributed by atoms with Gasteiger partial charge in [0.2, 0.25) is 11.9 Å². The van der Waals surface area contributed by atoms with Crippen molar-refractivity contribution in [2.45, 2.75) is 48.4 Å². The van der Waals surface area contributed by atoms with E-state index in [2.05, 4.69) is 30.0 Å². The Morgan fingerprint density at radius 2 is 1.14 bits per heavy atom. The molecule has 0 spiro atoms. The Hall–Kier alpha value is -2.92. The smallest absolute Gasteiger partial charge is 0.245 e. The van der Waals surface area contributed by atoms with Crippen molar-refractivity contribution in [3.63, 3.8) is 0 Å². The second kappa shape index (κ2) is 15.4. The van der Waals surface area contributed by atoms with Gasteiger partial charge in [0.15, 0.2) is 21.3 Å². The minimum atomic E-state index is -0.710. The molecule has 6 rings (SSSR count). The van der Waals surface area contributed by atoms with E-state index in [9.17, 15) is 0 Å². The van der Waals surface area contributed by atoms with Crippen LogP contribution in [0.15, 0.2) is 48.5 Å². The van der Waals surface area contributed by atoms with Crippen LogP contribution in [0.2, 0.25) is 0 Å². The maximum absolute atomic E-state index is 6.05. The van der Waals surface area contributed by atoms with Gasteiger partial charge in [-0.15, -0.1) is 5.10 Å². The molecule has 2 fully saturated rings. The number of methoxy groups -OCH3 is 2. The van der Waals surface area contributed by atoms with E-state index in [-0.39, 0.29) is 0 Å². The van der Waals surface area contributed by atoms with Crippen molar-refractivity contribution in [3.05, 3.63) is 71.3 Å². The Morgan fingerprint density at radius 3 is 1.61 bits per heavy atom. The summed E-state index contributed by atoms with van der Waals surface area (Å²) in [5.41, 5.74) is 2.22. The van der Waals surface area contributed by atoms with Gasteiger partial charge in [-0.3, -0.25) is 0 Å². The molecule has 0 bridgehead atoms. The van der Waals surface area contributed by atoms with Crippen molar-refractivity contribution in [3.8, 4) is 11.5 Å². The lowest BCUT2D eigenvalue weighted by molar-refractivity contribution is 0.414. The molecule has 0 aliphatic carbocycles. The summed E-state index contributed by atoms with van der Waals surface area (Å²) < 4.78 is 14.0. The Morgan fingerprint density at radius 1 is 0.636 bits per heavy atom. The zero-order chi connectivity index (χ0) is 31.1. The molecule has 236 valence electrons. The first-order chi connectivity index (χ1) is 21.3. The summed E-state index contributed by atoms with van der Waals surface area (Å²) in [6, 6.07) is 15.8. The van der Waals surface area contributed by atoms with Crippen LogP contribution in [-0.2, 0) is 13.1 Å². The van der Waals surface area contributed by atoms with Crippen LogP contribution < -0.4 is 19.3 Å². The van der Waals surface area contributed by atoms with Gasteiger partial charge in [-0.05, 0) is 61.1 Å². The summed E-state index contributed by atoms with van der Waals surface area (Å²) in [5, 5.41) is 9.04. The third-order valence-electron chi connectivity index (χ3n) is 7.51. The fourth-order valence-corrected chi connectivity index (χ4v) is 5.69. The minimum Gasteiger partial charge on any atom is -0.497 e. The zero-order valence-electron chi connectivity index (χ0n) is 24.8. The molecule has 0 atom stereocenters. The highest BCUT2D eigenvalue weighted by molar-refractivity contribution is 6.44. The van der Waals surface area contributed by atoms with Gasteiger partial charge in [-0.2, -0.15) is 15.1 Å². The molecule has 4 aromatic rings. The lowest BCUT2D eigenvalue weighted by Crippen LogP contribution is -2.22. The first-order valence-electron chi connectivity index (χ1n) is 14.6. The number of nitrogens with zero attached hydrogens (tertiary/aromatic N) is 8. The Kier molecular flexibility index (Phi) is 11.4. The predicted molar refractivity (Wildman–Crippen MR) is 176 cm³/mol. The summed E-state index contributed by atoms with van der Waals surface area (Å²) in [7, 11) is 3.31. The fraction of sp³-hybridized carbons (Fsp3) is 0.467. The van der Waals surface area contributed by atoms with Crippen LogP contribution in [0, 0.1) is 0 Å². The van der Waals surface area contributed by atoms with Gasteiger partial charge in [-0.25, -0.2) is 9.36 Å². The number of ether oxygens (including phenoxy) is 2. The van der Waals surface area contributed by atoms with E-state index in [0.717, 1.165) is 54.8 Å². The van der Waals surface area contributed by atoms with Gasteiger partial charge in [-0.1, -0.05) is 70.7 Å². The Balaban J connectivity index is 0.000000175. The third kappa shape index (κ3) is 8.21. The predicted octanol–water partition coefficient (Wildman–Crippen LogP) is 6.82. The van der Waals surface area contributed by atoms with E-state index in [1.165, 1.54) is 25.7 Å². The first kappa shape index (κ1) is 32.5. The van der Waals surface area contributed by atoms with Crippen LogP contribution >= 0.6 is 46.4 Å². The van der Waals surface area contributed by atoms with E-state index in [1.54, 1.807) is 18.9 Å². The average Bonchev–Trinajstić information content (AvgIpc) is 3.85. The molecule has 0 amide bonds. The molecule has 4 heterocycles. The van der Waals surface area contributed by atoms with Gasteiger partial charge in [0.1, 0.15) is 11.5 Å². The molecular weight excluding hydrogens is 646 g/mol. The van der Waals surface area contributed by atoms with Gasteiger partial charge in [0, 0.05) is 26.2 Å². The summed E-state index contributed by atoms with van der Waals surface area (Å²) in [6.45, 7) is 5.17. The van der Waals surface area contributed by atoms with Crippen molar-refractivity contribution in [2.75, 3.05) is 50.2 Å². The molecule has 2 aromatic carbocycles. The number of rotatable bonds is 10. The quantitative estimate of drug-likeness (QED) is 0.169. The second-order valence-corrected chi connectivity index (χ2v) is 12.7. The van der Waals surface area contributed by atoms with Crippen molar-refractivity contribution in [1.82, 2.24) is 29.5 Å². The van der Waals surface area contributed by atoms with Gasteiger partial charge >= 0.3 is 0 Å². The Bertz CT molecular complexity index is 1470. The van der Waals surface area contributed by atoms with E-state index >= 15 is 0 Å². The first-order valence-corrected chi connectivity index (χ1v) is 16.3. The monoisotopic (exact) mass is 680 g/mol. The standard InChI is InChI=1S/2C15H18Cl2N4O/c1-22-12-6-4-11(5-7-12)10-21-14(13(16)17)18-15(19-21)20-8-2-3-9-20;1-22-12-6-4-11(5-7-12)10-21-15(20-8-2-3-9-20)18-14(19-21)13(16)17/h2*4-7,13H,2-3,8-10H2,1H3. The number of aromatic nitrogens is 6. The zero-order valence-corrected chi connectivity index (χ0v) is 27.8.